The molecular formula is C16H22N4O2. The molecule has 1 aliphatic heterocycles. The minimum Gasteiger partial charge on any atom is -0.347 e. The first-order valence-electron chi connectivity index (χ1n) is 7.27. The van der Waals surface area contributed by atoms with Gasteiger partial charge in [-0.3, -0.25) is 9.59 Å². The van der Waals surface area contributed by atoms with Crippen molar-refractivity contribution in [2.24, 2.45) is 5.92 Å². The highest BCUT2D eigenvalue weighted by molar-refractivity contribution is 6.07. The van der Waals surface area contributed by atoms with Crippen LogP contribution in [0.25, 0.3) is 6.08 Å². The van der Waals surface area contributed by atoms with Crippen molar-refractivity contribution in [1.82, 2.24) is 20.6 Å². The summed E-state index contributed by atoms with van der Waals surface area (Å²) in [5.74, 6) is -0.476. The molecule has 0 spiro atoms. The van der Waals surface area contributed by atoms with Crippen LogP contribution in [0.4, 0.5) is 0 Å². The molecule has 1 fully saturated rings. The lowest BCUT2D eigenvalue weighted by molar-refractivity contribution is -0.132. The van der Waals surface area contributed by atoms with E-state index in [2.05, 4.69) is 27.2 Å². The van der Waals surface area contributed by atoms with E-state index >= 15 is 0 Å². The number of hydrogen-bond acceptors (Lipinski definition) is 3. The molecule has 0 aromatic carbocycles. The first-order chi connectivity index (χ1) is 10.3. The number of rotatable bonds is 4. The number of aromatic nitrogens is 2. The number of carbonyl (C=O) groups is 2. The van der Waals surface area contributed by atoms with E-state index in [0.717, 1.165) is 5.69 Å². The zero-order valence-corrected chi connectivity index (χ0v) is 13.4. The Morgan fingerprint density at radius 2 is 2.05 bits per heavy atom. The minimum atomic E-state index is -0.507. The lowest BCUT2D eigenvalue weighted by Crippen LogP contribution is -2.56. The van der Waals surface area contributed by atoms with Gasteiger partial charge in [-0.05, 0) is 12.0 Å². The van der Waals surface area contributed by atoms with Crippen LogP contribution in [0.2, 0.25) is 0 Å². The fraction of sp³-hybridized carbons (Fsp3) is 0.438. The van der Waals surface area contributed by atoms with E-state index in [4.69, 9.17) is 0 Å². The van der Waals surface area contributed by atoms with Crippen LogP contribution >= 0.6 is 0 Å². The van der Waals surface area contributed by atoms with E-state index < -0.39 is 6.04 Å². The molecular weight excluding hydrogens is 280 g/mol. The maximum absolute atomic E-state index is 12.2. The van der Waals surface area contributed by atoms with E-state index in [1.165, 1.54) is 0 Å². The SMILES string of the molecule is C=CC(C)(C)c1[nH]cnc1/C=C1\NC(=O)[C@@H](C(C)C)NC1=O. The van der Waals surface area contributed by atoms with Crippen LogP contribution in [0, 0.1) is 5.92 Å². The Balaban J connectivity index is 2.32. The Morgan fingerprint density at radius 3 is 2.64 bits per heavy atom. The van der Waals surface area contributed by atoms with Crippen LogP contribution in [-0.2, 0) is 15.0 Å². The summed E-state index contributed by atoms with van der Waals surface area (Å²) in [5.41, 5.74) is 1.33. The second kappa shape index (κ2) is 5.79. The number of aromatic amines is 1. The Bertz CT molecular complexity index is 640. The van der Waals surface area contributed by atoms with Gasteiger partial charge in [-0.1, -0.05) is 33.8 Å². The number of H-pyrrole nitrogens is 1. The van der Waals surface area contributed by atoms with Gasteiger partial charge in [0.05, 0.1) is 17.7 Å². The molecule has 2 heterocycles. The summed E-state index contributed by atoms with van der Waals surface area (Å²) in [7, 11) is 0. The number of amides is 2. The number of carbonyl (C=O) groups excluding carboxylic acids is 2. The predicted octanol–water partition coefficient (Wildman–Crippen LogP) is 1.48. The van der Waals surface area contributed by atoms with Crippen LogP contribution in [0.1, 0.15) is 39.1 Å². The molecule has 0 unspecified atom stereocenters. The van der Waals surface area contributed by atoms with Gasteiger partial charge in [-0.2, -0.15) is 0 Å². The molecule has 22 heavy (non-hydrogen) atoms. The second-order valence-electron chi connectivity index (χ2n) is 6.33. The van der Waals surface area contributed by atoms with Gasteiger partial charge in [0.1, 0.15) is 11.7 Å². The molecule has 1 aromatic rings. The van der Waals surface area contributed by atoms with Crippen molar-refractivity contribution < 1.29 is 9.59 Å². The van der Waals surface area contributed by atoms with E-state index in [1.807, 2.05) is 27.7 Å². The molecule has 0 aliphatic carbocycles. The molecule has 2 rings (SSSR count). The van der Waals surface area contributed by atoms with Gasteiger partial charge >= 0.3 is 0 Å². The third-order valence-corrected chi connectivity index (χ3v) is 3.84. The highest BCUT2D eigenvalue weighted by Crippen LogP contribution is 2.26. The van der Waals surface area contributed by atoms with Gasteiger partial charge in [0.2, 0.25) is 5.91 Å². The molecule has 1 atom stereocenters. The predicted molar refractivity (Wildman–Crippen MR) is 84.7 cm³/mol. The lowest BCUT2D eigenvalue weighted by Gasteiger charge is -2.27. The zero-order valence-electron chi connectivity index (χ0n) is 13.4. The van der Waals surface area contributed by atoms with Gasteiger partial charge in [0.25, 0.3) is 5.91 Å². The van der Waals surface area contributed by atoms with E-state index in [-0.39, 0.29) is 28.8 Å². The normalized spacial score (nSPS) is 21.0. The topological polar surface area (TPSA) is 86.9 Å². The molecule has 118 valence electrons. The first kappa shape index (κ1) is 16.0. The Labute approximate surface area is 130 Å². The largest absolute Gasteiger partial charge is 0.347 e. The molecule has 6 nitrogen and oxygen atoms in total. The van der Waals surface area contributed by atoms with Crippen molar-refractivity contribution >= 4 is 17.9 Å². The monoisotopic (exact) mass is 302 g/mol. The van der Waals surface area contributed by atoms with Crippen molar-refractivity contribution in [2.45, 2.75) is 39.2 Å². The summed E-state index contributed by atoms with van der Waals surface area (Å²) in [6.07, 6.45) is 4.95. The third kappa shape index (κ3) is 2.95. The molecule has 1 saturated heterocycles. The lowest BCUT2D eigenvalue weighted by atomic mass is 9.88. The molecule has 0 radical (unpaired) electrons. The molecule has 3 N–H and O–H groups in total. The van der Waals surface area contributed by atoms with E-state index in [1.54, 1.807) is 18.5 Å². The molecule has 0 saturated carbocycles. The molecule has 0 bridgehead atoms. The van der Waals surface area contributed by atoms with Crippen LogP contribution in [0.3, 0.4) is 0 Å². The van der Waals surface area contributed by atoms with Crippen LogP contribution < -0.4 is 10.6 Å². The van der Waals surface area contributed by atoms with Gasteiger partial charge in [-0.25, -0.2) is 4.98 Å². The first-order valence-corrected chi connectivity index (χ1v) is 7.27. The van der Waals surface area contributed by atoms with Crippen LogP contribution in [0.15, 0.2) is 24.7 Å². The summed E-state index contributed by atoms with van der Waals surface area (Å²) in [6, 6.07) is -0.507. The van der Waals surface area contributed by atoms with E-state index in [0.29, 0.717) is 5.69 Å². The maximum Gasteiger partial charge on any atom is 0.268 e. The van der Waals surface area contributed by atoms with Gasteiger partial charge in [0, 0.05) is 5.41 Å². The molecule has 6 heteroatoms. The second-order valence-corrected chi connectivity index (χ2v) is 6.33. The quantitative estimate of drug-likeness (QED) is 0.581. The van der Waals surface area contributed by atoms with Gasteiger partial charge in [-0.15, -0.1) is 6.58 Å². The zero-order chi connectivity index (χ0) is 16.5. The van der Waals surface area contributed by atoms with Gasteiger partial charge in [0.15, 0.2) is 0 Å². The van der Waals surface area contributed by atoms with Crippen LogP contribution in [0.5, 0.6) is 0 Å². The van der Waals surface area contributed by atoms with Crippen molar-refractivity contribution in [1.29, 1.82) is 0 Å². The van der Waals surface area contributed by atoms with Crippen LogP contribution in [-0.4, -0.2) is 27.8 Å². The fourth-order valence-corrected chi connectivity index (χ4v) is 2.29. The minimum absolute atomic E-state index is 0.0335. The van der Waals surface area contributed by atoms with E-state index in [9.17, 15) is 9.59 Å². The number of nitrogens with one attached hydrogen (secondary N) is 3. The summed E-state index contributed by atoms with van der Waals surface area (Å²) in [5, 5.41) is 5.39. The van der Waals surface area contributed by atoms with Gasteiger partial charge < -0.3 is 15.6 Å². The number of nitrogens with zero attached hydrogens (tertiary/aromatic N) is 1. The molecule has 1 aromatic heterocycles. The summed E-state index contributed by atoms with van der Waals surface area (Å²) in [6.45, 7) is 11.6. The summed E-state index contributed by atoms with van der Waals surface area (Å²) >= 11 is 0. The van der Waals surface area contributed by atoms with Crippen molar-refractivity contribution in [3.8, 4) is 0 Å². The average Bonchev–Trinajstić information content (AvgIpc) is 2.91. The number of hydrogen-bond donors (Lipinski definition) is 3. The molecule has 1 aliphatic rings. The fourth-order valence-electron chi connectivity index (χ4n) is 2.29. The Kier molecular flexibility index (Phi) is 4.21. The van der Waals surface area contributed by atoms with Crippen molar-refractivity contribution in [3.63, 3.8) is 0 Å². The standard InChI is InChI=1S/C16H22N4O2/c1-6-16(4,5)13-10(17-8-18-13)7-11-14(21)20-12(9(2)3)15(22)19-11/h6-9,12H,1H2,2-5H3,(H,17,18)(H,19,22)(H,20,21)/b11-7-/t12-/m1/s1. The smallest absolute Gasteiger partial charge is 0.268 e. The summed E-state index contributed by atoms with van der Waals surface area (Å²) in [4.78, 5) is 31.5. The highest BCUT2D eigenvalue weighted by Gasteiger charge is 2.32. The van der Waals surface area contributed by atoms with Crippen molar-refractivity contribution in [2.75, 3.05) is 0 Å². The number of allylic oxidation sites excluding steroid dienone is 1. The average molecular weight is 302 g/mol. The Morgan fingerprint density at radius 1 is 1.36 bits per heavy atom. The highest BCUT2D eigenvalue weighted by atomic mass is 16.2. The number of imidazole rings is 1. The summed E-state index contributed by atoms with van der Waals surface area (Å²) < 4.78 is 0. The number of piperazine rings is 1. The maximum atomic E-state index is 12.2. The molecule has 2 amide bonds. The Hall–Kier alpha value is -2.37. The van der Waals surface area contributed by atoms with Crippen molar-refractivity contribution in [3.05, 3.63) is 36.1 Å². The third-order valence-electron chi connectivity index (χ3n) is 3.84.